The normalized spacial score (nSPS) is 13.7. The lowest BCUT2D eigenvalue weighted by atomic mass is 9.95. The van der Waals surface area contributed by atoms with Gasteiger partial charge in [0.05, 0.1) is 18.2 Å². The van der Waals surface area contributed by atoms with E-state index in [1.165, 1.54) is 18.2 Å². The molecule has 2 aromatic rings. The van der Waals surface area contributed by atoms with Crippen molar-refractivity contribution in [3.8, 4) is 11.5 Å². The van der Waals surface area contributed by atoms with Crippen molar-refractivity contribution in [3.63, 3.8) is 0 Å². The summed E-state index contributed by atoms with van der Waals surface area (Å²) in [6, 6.07) is 10.9. The molecule has 1 aliphatic heterocycles. The number of carbonyl (C=O) groups excluding carboxylic acids is 2. The summed E-state index contributed by atoms with van der Waals surface area (Å²) in [4.78, 5) is 24.4. The van der Waals surface area contributed by atoms with Crippen LogP contribution in [0.25, 0.3) is 0 Å². The first kappa shape index (κ1) is 19.7. The predicted molar refractivity (Wildman–Crippen MR) is 102 cm³/mol. The SMILES string of the molecule is CC(C)[C@H](NC(=O)CNC(=O)c1ccccc1F)c1ccc2c(c1)OCCO2. The summed E-state index contributed by atoms with van der Waals surface area (Å²) in [6.45, 7) is 4.72. The smallest absolute Gasteiger partial charge is 0.254 e. The summed E-state index contributed by atoms with van der Waals surface area (Å²) >= 11 is 0. The molecule has 0 aliphatic carbocycles. The van der Waals surface area contributed by atoms with E-state index in [-0.39, 0.29) is 30.0 Å². The minimum Gasteiger partial charge on any atom is -0.486 e. The van der Waals surface area contributed by atoms with Crippen LogP contribution in [-0.2, 0) is 4.79 Å². The first-order valence-electron chi connectivity index (χ1n) is 9.17. The number of ether oxygens (including phenoxy) is 2. The molecule has 0 radical (unpaired) electrons. The van der Waals surface area contributed by atoms with Gasteiger partial charge in [-0.25, -0.2) is 4.39 Å². The highest BCUT2D eigenvalue weighted by atomic mass is 19.1. The Kier molecular flexibility index (Phi) is 6.13. The van der Waals surface area contributed by atoms with Crippen molar-refractivity contribution < 1.29 is 23.5 Å². The molecule has 6 nitrogen and oxygen atoms in total. The lowest BCUT2D eigenvalue weighted by Crippen LogP contribution is -2.40. The van der Waals surface area contributed by atoms with Gasteiger partial charge < -0.3 is 20.1 Å². The second-order valence-corrected chi connectivity index (χ2v) is 6.85. The Bertz CT molecular complexity index is 869. The molecule has 1 aliphatic rings. The molecule has 0 saturated heterocycles. The highest BCUT2D eigenvalue weighted by molar-refractivity contribution is 5.96. The minimum absolute atomic E-state index is 0.0949. The summed E-state index contributed by atoms with van der Waals surface area (Å²) < 4.78 is 24.8. The predicted octanol–water partition coefficient (Wildman–Crippen LogP) is 2.84. The van der Waals surface area contributed by atoms with E-state index in [1.807, 2.05) is 32.0 Å². The van der Waals surface area contributed by atoms with E-state index in [1.54, 1.807) is 6.07 Å². The van der Waals surface area contributed by atoms with Gasteiger partial charge in [0.1, 0.15) is 19.0 Å². The van der Waals surface area contributed by atoms with Crippen molar-refractivity contribution in [2.75, 3.05) is 19.8 Å². The molecule has 0 spiro atoms. The molecule has 148 valence electrons. The fourth-order valence-corrected chi connectivity index (χ4v) is 3.01. The fraction of sp³-hybridized carbons (Fsp3) is 0.333. The van der Waals surface area contributed by atoms with Gasteiger partial charge in [0, 0.05) is 0 Å². The zero-order valence-corrected chi connectivity index (χ0v) is 15.8. The molecule has 2 amide bonds. The van der Waals surface area contributed by atoms with Crippen molar-refractivity contribution in [2.24, 2.45) is 5.92 Å². The second kappa shape index (κ2) is 8.73. The molecule has 0 aromatic heterocycles. The van der Waals surface area contributed by atoms with Crippen molar-refractivity contribution in [1.82, 2.24) is 10.6 Å². The maximum atomic E-state index is 13.7. The van der Waals surface area contributed by atoms with Crippen LogP contribution in [0.4, 0.5) is 4.39 Å². The maximum Gasteiger partial charge on any atom is 0.254 e. The van der Waals surface area contributed by atoms with Gasteiger partial charge >= 0.3 is 0 Å². The Morgan fingerprint density at radius 1 is 1.07 bits per heavy atom. The van der Waals surface area contributed by atoms with Crippen LogP contribution in [0, 0.1) is 11.7 Å². The molecule has 0 bridgehead atoms. The second-order valence-electron chi connectivity index (χ2n) is 6.85. The largest absolute Gasteiger partial charge is 0.486 e. The highest BCUT2D eigenvalue weighted by Gasteiger charge is 2.22. The van der Waals surface area contributed by atoms with Gasteiger partial charge in [-0.05, 0) is 35.7 Å². The third-order valence-electron chi connectivity index (χ3n) is 4.44. The Morgan fingerprint density at radius 2 is 1.79 bits per heavy atom. The molecule has 7 heteroatoms. The van der Waals surface area contributed by atoms with Crippen LogP contribution in [0.5, 0.6) is 11.5 Å². The average Bonchev–Trinajstić information content (AvgIpc) is 2.70. The number of halogens is 1. The van der Waals surface area contributed by atoms with Crippen LogP contribution >= 0.6 is 0 Å². The van der Waals surface area contributed by atoms with E-state index in [0.29, 0.717) is 24.7 Å². The zero-order valence-electron chi connectivity index (χ0n) is 15.8. The van der Waals surface area contributed by atoms with E-state index >= 15 is 0 Å². The third kappa shape index (κ3) is 4.60. The lowest BCUT2D eigenvalue weighted by molar-refractivity contribution is -0.121. The highest BCUT2D eigenvalue weighted by Crippen LogP contribution is 2.34. The number of hydrogen-bond acceptors (Lipinski definition) is 4. The lowest BCUT2D eigenvalue weighted by Gasteiger charge is -2.25. The van der Waals surface area contributed by atoms with Crippen molar-refractivity contribution in [1.29, 1.82) is 0 Å². The third-order valence-corrected chi connectivity index (χ3v) is 4.44. The molecule has 1 atom stereocenters. The first-order chi connectivity index (χ1) is 13.5. The molecule has 2 N–H and O–H groups in total. The molecule has 2 aromatic carbocycles. The Hall–Kier alpha value is -3.09. The molecule has 1 heterocycles. The summed E-state index contributed by atoms with van der Waals surface area (Å²) in [6.07, 6.45) is 0. The van der Waals surface area contributed by atoms with Gasteiger partial charge in [0.25, 0.3) is 5.91 Å². The van der Waals surface area contributed by atoms with Crippen molar-refractivity contribution in [2.45, 2.75) is 19.9 Å². The van der Waals surface area contributed by atoms with Gasteiger partial charge in [-0.3, -0.25) is 9.59 Å². The number of carbonyl (C=O) groups is 2. The number of benzene rings is 2. The van der Waals surface area contributed by atoms with E-state index in [9.17, 15) is 14.0 Å². The Labute approximate surface area is 163 Å². The summed E-state index contributed by atoms with van der Waals surface area (Å²) in [7, 11) is 0. The molecule has 28 heavy (non-hydrogen) atoms. The molecule has 0 unspecified atom stereocenters. The van der Waals surface area contributed by atoms with Crippen LogP contribution in [0.15, 0.2) is 42.5 Å². The van der Waals surface area contributed by atoms with Gasteiger partial charge in [-0.15, -0.1) is 0 Å². The first-order valence-corrected chi connectivity index (χ1v) is 9.17. The van der Waals surface area contributed by atoms with Gasteiger partial charge in [-0.2, -0.15) is 0 Å². The van der Waals surface area contributed by atoms with Crippen LogP contribution in [0.3, 0.4) is 0 Å². The van der Waals surface area contributed by atoms with Crippen LogP contribution in [0.2, 0.25) is 0 Å². The Morgan fingerprint density at radius 3 is 2.50 bits per heavy atom. The maximum absolute atomic E-state index is 13.7. The number of nitrogens with one attached hydrogen (secondary N) is 2. The fourth-order valence-electron chi connectivity index (χ4n) is 3.01. The van der Waals surface area contributed by atoms with Crippen LogP contribution in [0.1, 0.15) is 35.8 Å². The summed E-state index contributed by atoms with van der Waals surface area (Å²) in [5, 5.41) is 5.37. The zero-order chi connectivity index (χ0) is 20.1. The summed E-state index contributed by atoms with van der Waals surface area (Å²) in [5.74, 6) is -0.185. The monoisotopic (exact) mass is 386 g/mol. The molecule has 3 rings (SSSR count). The summed E-state index contributed by atoms with van der Waals surface area (Å²) in [5.41, 5.74) is 0.788. The van der Waals surface area contributed by atoms with E-state index in [2.05, 4.69) is 10.6 Å². The van der Waals surface area contributed by atoms with Crippen LogP contribution < -0.4 is 20.1 Å². The molecular formula is C21H23FN2O4. The van der Waals surface area contributed by atoms with Gasteiger partial charge in [0.2, 0.25) is 5.91 Å². The van der Waals surface area contributed by atoms with Crippen LogP contribution in [-0.4, -0.2) is 31.6 Å². The number of amides is 2. The van der Waals surface area contributed by atoms with E-state index in [4.69, 9.17) is 9.47 Å². The number of fused-ring (bicyclic) bond motifs is 1. The van der Waals surface area contributed by atoms with Crippen molar-refractivity contribution in [3.05, 3.63) is 59.4 Å². The van der Waals surface area contributed by atoms with Gasteiger partial charge in [0.15, 0.2) is 11.5 Å². The molecule has 0 saturated carbocycles. The quantitative estimate of drug-likeness (QED) is 0.800. The minimum atomic E-state index is -0.631. The van der Waals surface area contributed by atoms with E-state index < -0.39 is 11.7 Å². The van der Waals surface area contributed by atoms with E-state index in [0.717, 1.165) is 5.56 Å². The number of hydrogen-bond donors (Lipinski definition) is 2. The Balaban J connectivity index is 1.63. The molecular weight excluding hydrogens is 363 g/mol. The number of rotatable bonds is 6. The van der Waals surface area contributed by atoms with Crippen molar-refractivity contribution >= 4 is 11.8 Å². The average molecular weight is 386 g/mol. The topological polar surface area (TPSA) is 76.7 Å². The van der Waals surface area contributed by atoms with Gasteiger partial charge in [-0.1, -0.05) is 32.0 Å². The molecule has 0 fully saturated rings. The standard InChI is InChI=1S/C21H23FN2O4/c1-13(2)20(14-7-8-17-18(11-14)28-10-9-27-17)24-19(25)12-23-21(26)15-5-3-4-6-16(15)22/h3-8,11,13,20H,9-10,12H2,1-2H3,(H,23,26)(H,24,25)/t20-/m0/s1.